The highest BCUT2D eigenvalue weighted by atomic mass is 16.5. The Morgan fingerprint density at radius 3 is 2.78 bits per heavy atom. The van der Waals surface area contributed by atoms with Crippen molar-refractivity contribution in [2.75, 3.05) is 38.7 Å². The molecule has 0 aliphatic heterocycles. The van der Waals surface area contributed by atoms with Gasteiger partial charge in [-0.05, 0) is 19.1 Å². The number of ether oxygens (including phenoxy) is 2. The van der Waals surface area contributed by atoms with Crippen molar-refractivity contribution in [1.82, 2.24) is 5.32 Å². The fourth-order valence-corrected chi connectivity index (χ4v) is 1.36. The van der Waals surface area contributed by atoms with E-state index in [0.29, 0.717) is 19.8 Å². The van der Waals surface area contributed by atoms with E-state index in [1.165, 1.54) is 0 Å². The van der Waals surface area contributed by atoms with Gasteiger partial charge >= 0.3 is 0 Å². The fraction of sp³-hybridized carbons (Fsp3) is 0.462. The lowest BCUT2D eigenvalue weighted by Crippen LogP contribution is -2.26. The van der Waals surface area contributed by atoms with Crippen LogP contribution in [0.15, 0.2) is 24.3 Å². The molecule has 5 heteroatoms. The lowest BCUT2D eigenvalue weighted by Gasteiger charge is -2.12. The molecule has 18 heavy (non-hydrogen) atoms. The first kappa shape index (κ1) is 14.3. The van der Waals surface area contributed by atoms with Crippen molar-refractivity contribution in [2.24, 2.45) is 0 Å². The molecule has 0 spiro atoms. The lowest BCUT2D eigenvalue weighted by molar-refractivity contribution is -0.118. The normalized spacial score (nSPS) is 9.89. The number of hydrogen-bond donors (Lipinski definition) is 2. The number of nitrogens with one attached hydrogen (secondary N) is 2. The van der Waals surface area contributed by atoms with Crippen molar-refractivity contribution in [2.45, 2.75) is 6.92 Å². The van der Waals surface area contributed by atoms with Crippen LogP contribution in [0.3, 0.4) is 0 Å². The van der Waals surface area contributed by atoms with Gasteiger partial charge in [0.2, 0.25) is 5.91 Å². The van der Waals surface area contributed by atoms with Gasteiger partial charge in [-0.15, -0.1) is 0 Å². The zero-order valence-electron chi connectivity index (χ0n) is 10.9. The second-order valence-electron chi connectivity index (χ2n) is 3.57. The van der Waals surface area contributed by atoms with Crippen LogP contribution in [0.5, 0.6) is 5.75 Å². The molecule has 1 amide bonds. The molecule has 0 bridgehead atoms. The maximum absolute atomic E-state index is 11.2. The SMILES string of the molecule is CCOCCOc1ccccc1NCC(=O)NC. The summed E-state index contributed by atoms with van der Waals surface area (Å²) in [6.45, 7) is 3.90. The van der Waals surface area contributed by atoms with E-state index in [2.05, 4.69) is 10.6 Å². The molecule has 0 unspecified atom stereocenters. The third kappa shape index (κ3) is 5.05. The van der Waals surface area contributed by atoms with Gasteiger partial charge in [-0.2, -0.15) is 0 Å². The van der Waals surface area contributed by atoms with E-state index in [4.69, 9.17) is 9.47 Å². The van der Waals surface area contributed by atoms with Crippen LogP contribution in [-0.2, 0) is 9.53 Å². The molecule has 5 nitrogen and oxygen atoms in total. The largest absolute Gasteiger partial charge is 0.489 e. The van der Waals surface area contributed by atoms with Crippen LogP contribution in [0.2, 0.25) is 0 Å². The van der Waals surface area contributed by atoms with Gasteiger partial charge in [-0.1, -0.05) is 12.1 Å². The highest BCUT2D eigenvalue weighted by Crippen LogP contribution is 2.23. The standard InChI is InChI=1S/C13H20N2O3/c1-3-17-8-9-18-12-7-5-4-6-11(12)15-10-13(16)14-2/h4-7,15H,3,8-10H2,1-2H3,(H,14,16). The quantitative estimate of drug-likeness (QED) is 0.684. The second kappa shape index (κ2) is 8.36. The Labute approximate surface area is 107 Å². The number of carbonyl (C=O) groups excluding carboxylic acids is 1. The molecule has 2 N–H and O–H groups in total. The van der Waals surface area contributed by atoms with Crippen LogP contribution in [0.25, 0.3) is 0 Å². The van der Waals surface area contributed by atoms with E-state index in [9.17, 15) is 4.79 Å². The molecule has 0 aromatic heterocycles. The van der Waals surface area contributed by atoms with Crippen LogP contribution >= 0.6 is 0 Å². The molecular formula is C13H20N2O3. The summed E-state index contributed by atoms with van der Waals surface area (Å²) in [7, 11) is 1.61. The van der Waals surface area contributed by atoms with Gasteiger partial charge in [0, 0.05) is 13.7 Å². The molecule has 1 aromatic carbocycles. The van der Waals surface area contributed by atoms with Gasteiger partial charge in [-0.25, -0.2) is 0 Å². The first-order chi connectivity index (χ1) is 8.77. The molecule has 0 heterocycles. The van der Waals surface area contributed by atoms with Crippen molar-refractivity contribution >= 4 is 11.6 Å². The minimum absolute atomic E-state index is 0.0703. The molecule has 100 valence electrons. The summed E-state index contributed by atoms with van der Waals surface area (Å²) in [5, 5.41) is 5.58. The summed E-state index contributed by atoms with van der Waals surface area (Å²) in [6, 6.07) is 7.51. The fourth-order valence-electron chi connectivity index (χ4n) is 1.36. The van der Waals surface area contributed by atoms with Crippen molar-refractivity contribution in [3.05, 3.63) is 24.3 Å². The first-order valence-corrected chi connectivity index (χ1v) is 6.02. The molecule has 0 radical (unpaired) electrons. The van der Waals surface area contributed by atoms with E-state index in [-0.39, 0.29) is 12.5 Å². The molecule has 0 saturated carbocycles. The number of amides is 1. The van der Waals surface area contributed by atoms with E-state index in [0.717, 1.165) is 11.4 Å². The number of likely N-dealkylation sites (N-methyl/N-ethyl adjacent to an activating group) is 1. The Morgan fingerprint density at radius 2 is 2.06 bits per heavy atom. The van der Waals surface area contributed by atoms with Gasteiger partial charge in [-0.3, -0.25) is 4.79 Å². The summed E-state index contributed by atoms with van der Waals surface area (Å²) in [5.74, 6) is 0.653. The van der Waals surface area contributed by atoms with Crippen molar-refractivity contribution in [3.8, 4) is 5.75 Å². The summed E-state index contributed by atoms with van der Waals surface area (Å²) >= 11 is 0. The van der Waals surface area contributed by atoms with Crippen LogP contribution in [0.4, 0.5) is 5.69 Å². The minimum atomic E-state index is -0.0703. The van der Waals surface area contributed by atoms with Crippen LogP contribution in [0, 0.1) is 0 Å². The Kier molecular flexibility index (Phi) is 6.64. The molecule has 0 atom stereocenters. The van der Waals surface area contributed by atoms with Gasteiger partial charge in [0.05, 0.1) is 18.8 Å². The third-order valence-corrected chi connectivity index (χ3v) is 2.29. The maximum Gasteiger partial charge on any atom is 0.239 e. The summed E-state index contributed by atoms with van der Waals surface area (Å²) in [4.78, 5) is 11.2. The van der Waals surface area contributed by atoms with Gasteiger partial charge in [0.15, 0.2) is 0 Å². The topological polar surface area (TPSA) is 59.6 Å². The van der Waals surface area contributed by atoms with Crippen molar-refractivity contribution in [3.63, 3.8) is 0 Å². The number of hydrogen-bond acceptors (Lipinski definition) is 4. The molecule has 0 aliphatic rings. The summed E-state index contributed by atoms with van der Waals surface area (Å²) in [6.07, 6.45) is 0. The maximum atomic E-state index is 11.2. The molecular weight excluding hydrogens is 232 g/mol. The Bertz CT molecular complexity index is 369. The monoisotopic (exact) mass is 252 g/mol. The summed E-state index contributed by atoms with van der Waals surface area (Å²) in [5.41, 5.74) is 0.803. The van der Waals surface area contributed by atoms with E-state index < -0.39 is 0 Å². The first-order valence-electron chi connectivity index (χ1n) is 6.02. The molecule has 1 rings (SSSR count). The Hall–Kier alpha value is -1.75. The number of carbonyl (C=O) groups is 1. The third-order valence-electron chi connectivity index (χ3n) is 2.29. The number of benzene rings is 1. The Balaban J connectivity index is 2.48. The highest BCUT2D eigenvalue weighted by Gasteiger charge is 2.04. The van der Waals surface area contributed by atoms with Crippen LogP contribution in [-0.4, -0.2) is 39.3 Å². The summed E-state index contributed by atoms with van der Waals surface area (Å²) < 4.78 is 10.8. The van der Waals surface area contributed by atoms with E-state index >= 15 is 0 Å². The average Bonchev–Trinajstić information content (AvgIpc) is 2.42. The van der Waals surface area contributed by atoms with Gasteiger partial charge in [0.1, 0.15) is 12.4 Å². The predicted octanol–water partition coefficient (Wildman–Crippen LogP) is 1.26. The zero-order valence-corrected chi connectivity index (χ0v) is 10.9. The van der Waals surface area contributed by atoms with E-state index in [1.807, 2.05) is 31.2 Å². The number of rotatable bonds is 8. The smallest absolute Gasteiger partial charge is 0.239 e. The van der Waals surface area contributed by atoms with Crippen LogP contribution in [0.1, 0.15) is 6.92 Å². The number of para-hydroxylation sites is 2. The molecule has 0 saturated heterocycles. The molecule has 0 aliphatic carbocycles. The van der Waals surface area contributed by atoms with E-state index in [1.54, 1.807) is 7.05 Å². The van der Waals surface area contributed by atoms with Crippen LogP contribution < -0.4 is 15.4 Å². The zero-order chi connectivity index (χ0) is 13.2. The minimum Gasteiger partial charge on any atom is -0.489 e. The highest BCUT2D eigenvalue weighted by molar-refractivity contribution is 5.80. The Morgan fingerprint density at radius 1 is 1.28 bits per heavy atom. The number of anilines is 1. The molecule has 1 aromatic rings. The average molecular weight is 252 g/mol. The van der Waals surface area contributed by atoms with Crippen molar-refractivity contribution < 1.29 is 14.3 Å². The van der Waals surface area contributed by atoms with Gasteiger partial charge in [0.25, 0.3) is 0 Å². The lowest BCUT2D eigenvalue weighted by atomic mass is 10.3. The van der Waals surface area contributed by atoms with Crippen molar-refractivity contribution in [1.29, 1.82) is 0 Å². The van der Waals surface area contributed by atoms with Gasteiger partial charge < -0.3 is 20.1 Å². The predicted molar refractivity (Wildman–Crippen MR) is 71.0 cm³/mol. The molecule has 0 fully saturated rings. The second-order valence-corrected chi connectivity index (χ2v) is 3.57.